The van der Waals surface area contributed by atoms with Crippen LogP contribution in [0.5, 0.6) is 5.75 Å². The third-order valence-electron chi connectivity index (χ3n) is 6.47. The number of nitrogens with one attached hydrogen (secondary N) is 1. The number of hydrogen-bond donors (Lipinski definition) is 2. The number of anilines is 1. The number of benzene rings is 3. The van der Waals surface area contributed by atoms with E-state index in [1.54, 1.807) is 6.92 Å². The molecule has 0 radical (unpaired) electrons. The second-order valence-electron chi connectivity index (χ2n) is 8.91. The lowest BCUT2D eigenvalue weighted by molar-refractivity contribution is -0.139. The number of hydrogen-bond acceptors (Lipinski definition) is 6. The summed E-state index contributed by atoms with van der Waals surface area (Å²) in [4.78, 5) is 24.2. The Kier molecular flexibility index (Phi) is 6.64. The van der Waals surface area contributed by atoms with Gasteiger partial charge in [-0.25, -0.2) is 4.79 Å². The fourth-order valence-corrected chi connectivity index (χ4v) is 4.44. The van der Waals surface area contributed by atoms with Gasteiger partial charge in [0.25, 0.3) is 0 Å². The van der Waals surface area contributed by atoms with E-state index in [-0.39, 0.29) is 0 Å². The Labute approximate surface area is 213 Å². The predicted molar refractivity (Wildman–Crippen MR) is 138 cm³/mol. The van der Waals surface area contributed by atoms with Crippen molar-refractivity contribution in [2.45, 2.75) is 32.3 Å². The highest BCUT2D eigenvalue weighted by Crippen LogP contribution is 2.38. The van der Waals surface area contributed by atoms with Gasteiger partial charge in [0.2, 0.25) is 0 Å². The van der Waals surface area contributed by atoms with E-state index < -0.39 is 24.1 Å². The van der Waals surface area contributed by atoms with Gasteiger partial charge in [-0.15, -0.1) is 0 Å². The number of aliphatic carboxylic acids is 1. The Balaban J connectivity index is 1.33. The summed E-state index contributed by atoms with van der Waals surface area (Å²) in [7, 11) is 0. The van der Waals surface area contributed by atoms with Crippen LogP contribution in [0.15, 0.2) is 77.3 Å². The van der Waals surface area contributed by atoms with Crippen molar-refractivity contribution in [2.24, 2.45) is 0 Å². The smallest absolute Gasteiger partial charge is 0.412 e. The van der Waals surface area contributed by atoms with Gasteiger partial charge in [-0.1, -0.05) is 71.9 Å². The summed E-state index contributed by atoms with van der Waals surface area (Å²) in [5, 5.41) is 16.3. The van der Waals surface area contributed by atoms with Crippen molar-refractivity contribution in [3.8, 4) is 28.2 Å². The van der Waals surface area contributed by atoms with Crippen molar-refractivity contribution in [3.05, 3.63) is 89.6 Å². The number of nitrogens with zero attached hydrogens (tertiary/aromatic N) is 1. The molecule has 2 unspecified atom stereocenters. The van der Waals surface area contributed by atoms with Crippen molar-refractivity contribution in [1.29, 1.82) is 0 Å². The van der Waals surface area contributed by atoms with E-state index in [0.29, 0.717) is 41.5 Å². The Morgan fingerprint density at radius 2 is 1.73 bits per heavy atom. The van der Waals surface area contributed by atoms with Gasteiger partial charge >= 0.3 is 12.1 Å². The average Bonchev–Trinajstić information content (AvgIpc) is 3.28. The topological polar surface area (TPSA) is 111 Å². The molecule has 1 amide bonds. The lowest BCUT2D eigenvalue weighted by Crippen LogP contribution is -2.20. The molecule has 0 bridgehead atoms. The minimum absolute atomic E-state index is 0.375. The maximum Gasteiger partial charge on any atom is 0.412 e. The zero-order chi connectivity index (χ0) is 25.9. The second-order valence-corrected chi connectivity index (χ2v) is 8.91. The van der Waals surface area contributed by atoms with E-state index in [1.807, 2.05) is 79.7 Å². The summed E-state index contributed by atoms with van der Waals surface area (Å²) in [6, 6.07) is 22.7. The number of aromatic nitrogens is 1. The van der Waals surface area contributed by atoms with Crippen LogP contribution in [0.25, 0.3) is 22.5 Å². The molecule has 2 atom stereocenters. The molecular formula is C29H26N2O6. The first-order chi connectivity index (χ1) is 17.9. The zero-order valence-corrected chi connectivity index (χ0v) is 20.4. The van der Waals surface area contributed by atoms with Crippen LogP contribution in [0.2, 0.25) is 0 Å². The molecule has 3 aromatic carbocycles. The van der Waals surface area contributed by atoms with Gasteiger partial charge in [-0.3, -0.25) is 10.1 Å². The number of carbonyl (C=O) groups is 2. The van der Waals surface area contributed by atoms with Crippen molar-refractivity contribution in [1.82, 2.24) is 5.16 Å². The van der Waals surface area contributed by atoms with E-state index in [4.69, 9.17) is 14.0 Å². The van der Waals surface area contributed by atoms with Crippen LogP contribution in [0.3, 0.4) is 0 Å². The molecule has 0 fully saturated rings. The number of rotatable bonds is 6. The van der Waals surface area contributed by atoms with E-state index in [1.165, 1.54) is 0 Å². The lowest BCUT2D eigenvalue weighted by atomic mass is 9.91. The van der Waals surface area contributed by atoms with Crippen molar-refractivity contribution < 1.29 is 28.7 Å². The number of carboxylic acid groups (broad SMARTS) is 1. The number of carbonyl (C=O) groups excluding carboxylic acids is 1. The van der Waals surface area contributed by atoms with Crippen LogP contribution in [-0.4, -0.2) is 28.9 Å². The monoisotopic (exact) mass is 498 g/mol. The summed E-state index contributed by atoms with van der Waals surface area (Å²) in [5.41, 5.74) is 5.12. The Hall–Kier alpha value is -4.59. The quantitative estimate of drug-likeness (QED) is 0.309. The van der Waals surface area contributed by atoms with Crippen LogP contribution in [0, 0.1) is 6.92 Å². The summed E-state index contributed by atoms with van der Waals surface area (Å²) < 4.78 is 16.8. The molecule has 2 N–H and O–H groups in total. The molecule has 1 aromatic heterocycles. The third kappa shape index (κ3) is 5.04. The molecule has 4 aromatic rings. The van der Waals surface area contributed by atoms with E-state index in [9.17, 15) is 14.7 Å². The SMILES string of the molecule is Cc1noc(-c2ccc(-c3ccc4c(c3)OCCC4C(=O)O)cc2)c1NC(=O)OC(C)c1ccccc1. The zero-order valence-electron chi connectivity index (χ0n) is 20.4. The van der Waals surface area contributed by atoms with Crippen LogP contribution < -0.4 is 10.1 Å². The van der Waals surface area contributed by atoms with Gasteiger partial charge < -0.3 is 19.1 Å². The van der Waals surface area contributed by atoms with Gasteiger partial charge in [-0.05, 0) is 43.0 Å². The predicted octanol–water partition coefficient (Wildman–Crippen LogP) is 6.58. The summed E-state index contributed by atoms with van der Waals surface area (Å²) >= 11 is 0. The van der Waals surface area contributed by atoms with Crippen molar-refractivity contribution in [2.75, 3.05) is 11.9 Å². The van der Waals surface area contributed by atoms with Gasteiger partial charge in [0.15, 0.2) is 5.76 Å². The largest absolute Gasteiger partial charge is 0.493 e. The molecular weight excluding hydrogens is 472 g/mol. The molecule has 2 heterocycles. The van der Waals surface area contributed by atoms with Crippen LogP contribution in [0.4, 0.5) is 10.5 Å². The molecule has 0 saturated carbocycles. The summed E-state index contributed by atoms with van der Waals surface area (Å²) in [6.07, 6.45) is -0.563. The molecule has 0 saturated heterocycles. The fourth-order valence-electron chi connectivity index (χ4n) is 4.44. The first-order valence-electron chi connectivity index (χ1n) is 12.0. The van der Waals surface area contributed by atoms with E-state index in [0.717, 1.165) is 22.3 Å². The second kappa shape index (κ2) is 10.2. The average molecular weight is 499 g/mol. The fraction of sp³-hybridized carbons (Fsp3) is 0.207. The summed E-state index contributed by atoms with van der Waals surface area (Å²) in [6.45, 7) is 3.93. The number of ether oxygens (including phenoxy) is 2. The highest BCUT2D eigenvalue weighted by molar-refractivity contribution is 5.91. The molecule has 0 spiro atoms. The number of amides is 1. The normalized spacial score (nSPS) is 15.2. The van der Waals surface area contributed by atoms with Crippen LogP contribution in [-0.2, 0) is 9.53 Å². The Bertz CT molecular complexity index is 1430. The molecule has 1 aliphatic heterocycles. The highest BCUT2D eigenvalue weighted by atomic mass is 16.6. The van der Waals surface area contributed by atoms with Gasteiger partial charge in [0.05, 0.1) is 12.5 Å². The molecule has 8 nitrogen and oxygen atoms in total. The standard InChI is InChI=1S/C29H26N2O6/c1-17-26(30-29(34)36-18(2)19-6-4-3-5-7-19)27(37-31-17)21-10-8-20(9-11-21)22-12-13-23-24(28(32)33)14-15-35-25(23)16-22/h3-13,16,18,24H,14-15H2,1-2H3,(H,30,34)(H,32,33). The van der Waals surface area contributed by atoms with Crippen LogP contribution in [0.1, 0.15) is 42.2 Å². The third-order valence-corrected chi connectivity index (χ3v) is 6.47. The van der Waals surface area contributed by atoms with Gasteiger partial charge in [0.1, 0.15) is 23.2 Å². The number of aryl methyl sites for hydroxylation is 1. The molecule has 37 heavy (non-hydrogen) atoms. The van der Waals surface area contributed by atoms with E-state index >= 15 is 0 Å². The van der Waals surface area contributed by atoms with Crippen molar-refractivity contribution in [3.63, 3.8) is 0 Å². The van der Waals surface area contributed by atoms with Crippen LogP contribution >= 0.6 is 0 Å². The molecule has 1 aliphatic rings. The Morgan fingerprint density at radius 3 is 2.46 bits per heavy atom. The first kappa shape index (κ1) is 24.1. The molecule has 8 heteroatoms. The minimum atomic E-state index is -0.841. The molecule has 0 aliphatic carbocycles. The van der Waals surface area contributed by atoms with Crippen molar-refractivity contribution >= 4 is 17.7 Å². The van der Waals surface area contributed by atoms with E-state index in [2.05, 4.69) is 10.5 Å². The number of carboxylic acids is 1. The highest BCUT2D eigenvalue weighted by Gasteiger charge is 2.27. The maximum atomic E-state index is 12.6. The van der Waals surface area contributed by atoms with Gasteiger partial charge in [-0.2, -0.15) is 0 Å². The first-order valence-corrected chi connectivity index (χ1v) is 12.0. The minimum Gasteiger partial charge on any atom is -0.493 e. The number of fused-ring (bicyclic) bond motifs is 1. The maximum absolute atomic E-state index is 12.6. The molecule has 188 valence electrons. The summed E-state index contributed by atoms with van der Waals surface area (Å²) in [5.74, 6) is -0.373. The Morgan fingerprint density at radius 1 is 1.03 bits per heavy atom. The lowest BCUT2D eigenvalue weighted by Gasteiger charge is -2.23. The molecule has 5 rings (SSSR count). The van der Waals surface area contributed by atoms with Gasteiger partial charge in [0, 0.05) is 11.1 Å².